The number of nitrogens with one attached hydrogen (secondary N) is 1. The van der Waals surface area contributed by atoms with Crippen LogP contribution < -0.4 is 5.32 Å². The Morgan fingerprint density at radius 2 is 2.00 bits per heavy atom. The van der Waals surface area contributed by atoms with Gasteiger partial charge in [0, 0.05) is 10.5 Å². The summed E-state index contributed by atoms with van der Waals surface area (Å²) >= 11 is 3.48. The van der Waals surface area contributed by atoms with Gasteiger partial charge in [0.1, 0.15) is 0 Å². The van der Waals surface area contributed by atoms with Crippen LogP contribution in [-0.2, 0) is 0 Å². The van der Waals surface area contributed by atoms with Gasteiger partial charge in [-0.15, -0.1) is 0 Å². The highest BCUT2D eigenvalue weighted by atomic mass is 79.9. The van der Waals surface area contributed by atoms with Gasteiger partial charge in [0.15, 0.2) is 0 Å². The monoisotopic (exact) mass is 295 g/mol. The number of carbonyl (C=O) groups excluding carboxylic acids is 1. The van der Waals surface area contributed by atoms with Crippen LogP contribution >= 0.6 is 15.9 Å². The molecular weight excluding hydrogens is 278 g/mol. The number of hydrogen-bond donors (Lipinski definition) is 1. The Morgan fingerprint density at radius 3 is 2.71 bits per heavy atom. The van der Waals surface area contributed by atoms with E-state index in [0.29, 0.717) is 6.04 Å². The molecule has 0 bridgehead atoms. The van der Waals surface area contributed by atoms with Crippen LogP contribution in [0.3, 0.4) is 0 Å². The van der Waals surface area contributed by atoms with Gasteiger partial charge in [-0.05, 0) is 47.3 Å². The van der Waals surface area contributed by atoms with Crippen LogP contribution in [0.2, 0.25) is 0 Å². The van der Waals surface area contributed by atoms with Gasteiger partial charge in [0.2, 0.25) is 0 Å². The van der Waals surface area contributed by atoms with Gasteiger partial charge in [-0.25, -0.2) is 0 Å². The molecule has 1 aromatic carbocycles. The van der Waals surface area contributed by atoms with Crippen molar-refractivity contribution in [1.82, 2.24) is 5.32 Å². The first-order chi connectivity index (χ1) is 8.18. The molecule has 3 heteroatoms. The van der Waals surface area contributed by atoms with Crippen molar-refractivity contribution in [2.45, 2.75) is 45.1 Å². The number of amides is 1. The summed E-state index contributed by atoms with van der Waals surface area (Å²) in [6.45, 7) is 2.00. The highest BCUT2D eigenvalue weighted by molar-refractivity contribution is 9.10. The third-order valence-electron chi connectivity index (χ3n) is 3.38. The minimum absolute atomic E-state index is 0.0486. The number of aryl methyl sites for hydroxylation is 1. The second-order valence-electron chi connectivity index (χ2n) is 4.74. The molecule has 1 aliphatic carbocycles. The van der Waals surface area contributed by atoms with Crippen LogP contribution in [0, 0.1) is 6.92 Å². The highest BCUT2D eigenvalue weighted by Crippen LogP contribution is 2.22. The van der Waals surface area contributed by atoms with E-state index in [1.807, 2.05) is 25.1 Å². The van der Waals surface area contributed by atoms with E-state index >= 15 is 0 Å². The van der Waals surface area contributed by atoms with E-state index < -0.39 is 0 Å². The summed E-state index contributed by atoms with van der Waals surface area (Å²) in [5.74, 6) is 0.0486. The Balaban J connectivity index is 2.06. The first-order valence-electron chi connectivity index (χ1n) is 6.24. The maximum atomic E-state index is 12.1. The standard InChI is InChI=1S/C14H18BrNO/c1-10-6-5-9-12(13(10)15)14(17)16-11-7-3-2-4-8-11/h5-6,9,11H,2-4,7-8H2,1H3,(H,16,17). The fourth-order valence-corrected chi connectivity index (χ4v) is 2.78. The quantitative estimate of drug-likeness (QED) is 0.883. The molecule has 1 amide bonds. The Kier molecular flexibility index (Phi) is 4.21. The van der Waals surface area contributed by atoms with E-state index in [2.05, 4.69) is 21.2 Å². The predicted molar refractivity (Wildman–Crippen MR) is 73.2 cm³/mol. The van der Waals surface area contributed by atoms with Crippen LogP contribution in [0.1, 0.15) is 48.0 Å². The Hall–Kier alpha value is -0.830. The summed E-state index contributed by atoms with van der Waals surface area (Å²) in [7, 11) is 0. The number of carbonyl (C=O) groups is 1. The largest absolute Gasteiger partial charge is 0.349 e. The van der Waals surface area contributed by atoms with Gasteiger partial charge >= 0.3 is 0 Å². The molecule has 92 valence electrons. The van der Waals surface area contributed by atoms with Crippen LogP contribution in [0.15, 0.2) is 22.7 Å². The smallest absolute Gasteiger partial charge is 0.252 e. The lowest BCUT2D eigenvalue weighted by molar-refractivity contribution is 0.0927. The molecule has 0 aromatic heterocycles. The molecule has 17 heavy (non-hydrogen) atoms. The van der Waals surface area contributed by atoms with Crippen molar-refractivity contribution < 1.29 is 4.79 Å². The average molecular weight is 296 g/mol. The fraction of sp³-hybridized carbons (Fsp3) is 0.500. The van der Waals surface area contributed by atoms with E-state index in [9.17, 15) is 4.79 Å². The molecule has 0 unspecified atom stereocenters. The third-order valence-corrected chi connectivity index (χ3v) is 4.43. The van der Waals surface area contributed by atoms with Gasteiger partial charge in [-0.2, -0.15) is 0 Å². The van der Waals surface area contributed by atoms with E-state index in [0.717, 1.165) is 28.4 Å². The maximum absolute atomic E-state index is 12.1. The van der Waals surface area contributed by atoms with Crippen molar-refractivity contribution >= 4 is 21.8 Å². The highest BCUT2D eigenvalue weighted by Gasteiger charge is 2.18. The summed E-state index contributed by atoms with van der Waals surface area (Å²) in [5.41, 5.74) is 1.84. The van der Waals surface area contributed by atoms with Crippen LogP contribution in [-0.4, -0.2) is 11.9 Å². The Morgan fingerprint density at radius 1 is 1.29 bits per heavy atom. The molecule has 0 aliphatic heterocycles. The third kappa shape index (κ3) is 3.09. The lowest BCUT2D eigenvalue weighted by Gasteiger charge is -2.23. The minimum atomic E-state index is 0.0486. The van der Waals surface area contributed by atoms with Crippen molar-refractivity contribution in [2.24, 2.45) is 0 Å². The summed E-state index contributed by atoms with van der Waals surface area (Å²) in [6.07, 6.45) is 6.02. The van der Waals surface area contributed by atoms with E-state index in [1.54, 1.807) is 0 Å². The molecule has 2 nitrogen and oxygen atoms in total. The zero-order chi connectivity index (χ0) is 12.3. The van der Waals surface area contributed by atoms with Gasteiger partial charge in [-0.1, -0.05) is 31.4 Å². The summed E-state index contributed by atoms with van der Waals surface area (Å²) < 4.78 is 0.910. The molecule has 0 heterocycles. The van der Waals surface area contributed by atoms with Crippen molar-refractivity contribution in [2.75, 3.05) is 0 Å². The minimum Gasteiger partial charge on any atom is -0.349 e. The lowest BCUT2D eigenvalue weighted by atomic mass is 9.95. The van der Waals surface area contributed by atoms with E-state index in [4.69, 9.17) is 0 Å². The second-order valence-corrected chi connectivity index (χ2v) is 5.54. The summed E-state index contributed by atoms with van der Waals surface area (Å²) in [6, 6.07) is 6.16. The first kappa shape index (κ1) is 12.6. The number of benzene rings is 1. The molecule has 2 rings (SSSR count). The fourth-order valence-electron chi connectivity index (χ4n) is 2.33. The average Bonchev–Trinajstić information content (AvgIpc) is 2.34. The molecule has 0 spiro atoms. The number of rotatable bonds is 2. The van der Waals surface area contributed by atoms with Gasteiger partial charge < -0.3 is 5.32 Å². The van der Waals surface area contributed by atoms with Crippen molar-refractivity contribution in [3.8, 4) is 0 Å². The summed E-state index contributed by atoms with van der Waals surface area (Å²) in [4.78, 5) is 12.1. The second kappa shape index (κ2) is 5.67. The van der Waals surface area contributed by atoms with Gasteiger partial charge in [-0.3, -0.25) is 4.79 Å². The maximum Gasteiger partial charge on any atom is 0.252 e. The van der Waals surface area contributed by atoms with Crippen LogP contribution in [0.5, 0.6) is 0 Å². The van der Waals surface area contributed by atoms with Crippen molar-refractivity contribution in [3.63, 3.8) is 0 Å². The number of halogens is 1. The van der Waals surface area contributed by atoms with Crippen LogP contribution in [0.4, 0.5) is 0 Å². The number of hydrogen-bond acceptors (Lipinski definition) is 1. The van der Waals surface area contributed by atoms with E-state index in [-0.39, 0.29) is 5.91 Å². The topological polar surface area (TPSA) is 29.1 Å². The molecule has 1 aliphatic rings. The molecule has 1 aromatic rings. The normalized spacial score (nSPS) is 16.8. The molecule has 1 saturated carbocycles. The molecule has 1 N–H and O–H groups in total. The van der Waals surface area contributed by atoms with Gasteiger partial charge in [0.25, 0.3) is 5.91 Å². The molecule has 0 radical (unpaired) electrons. The molecule has 0 saturated heterocycles. The van der Waals surface area contributed by atoms with Crippen molar-refractivity contribution in [3.05, 3.63) is 33.8 Å². The first-order valence-corrected chi connectivity index (χ1v) is 7.04. The molecular formula is C14H18BrNO. The lowest BCUT2D eigenvalue weighted by Crippen LogP contribution is -2.36. The molecule has 1 fully saturated rings. The van der Waals surface area contributed by atoms with Crippen molar-refractivity contribution in [1.29, 1.82) is 0 Å². The van der Waals surface area contributed by atoms with Crippen LogP contribution in [0.25, 0.3) is 0 Å². The van der Waals surface area contributed by atoms with E-state index in [1.165, 1.54) is 19.3 Å². The molecule has 0 atom stereocenters. The SMILES string of the molecule is Cc1cccc(C(=O)NC2CCCCC2)c1Br. The zero-order valence-corrected chi connectivity index (χ0v) is 11.7. The Labute approximate surface area is 111 Å². The zero-order valence-electron chi connectivity index (χ0n) is 10.1. The van der Waals surface area contributed by atoms with Gasteiger partial charge in [0.05, 0.1) is 5.56 Å². The Bertz CT molecular complexity index is 411. The predicted octanol–water partition coefficient (Wildman–Crippen LogP) is 3.82. The summed E-state index contributed by atoms with van der Waals surface area (Å²) in [5, 5.41) is 3.13.